The molecule has 2 aliphatic heterocycles. The van der Waals surface area contributed by atoms with Crippen molar-refractivity contribution in [3.8, 4) is 11.5 Å². The van der Waals surface area contributed by atoms with Gasteiger partial charge in [0.1, 0.15) is 6.29 Å². The molecule has 6 heteroatoms. The van der Waals surface area contributed by atoms with Crippen LogP contribution in [0, 0.1) is 0 Å². The van der Waals surface area contributed by atoms with E-state index in [9.17, 15) is 9.59 Å². The zero-order valence-electron chi connectivity index (χ0n) is 13.6. The molecule has 1 atom stereocenters. The first-order chi connectivity index (χ1) is 11.1. The van der Waals surface area contributed by atoms with Crippen molar-refractivity contribution in [1.82, 2.24) is 4.90 Å². The summed E-state index contributed by atoms with van der Waals surface area (Å²) < 4.78 is 11.1. The molecule has 0 aromatic heterocycles. The molecule has 0 radical (unpaired) electrons. The van der Waals surface area contributed by atoms with Gasteiger partial charge in [0.25, 0.3) is 5.91 Å². The molecule has 0 saturated carbocycles. The third kappa shape index (κ3) is 3.03. The summed E-state index contributed by atoms with van der Waals surface area (Å²) in [5, 5.41) is 0. The fraction of sp³-hybridized carbons (Fsp3) is 0.529. The summed E-state index contributed by atoms with van der Waals surface area (Å²) in [6.45, 7) is 5.31. The first kappa shape index (κ1) is 15.8. The standard InChI is InChI=1S/C17H22N2O4/c1-12-17(21)19(8-7-18-5-3-4-6-18)14-9-13(11-20)10-15(22-2)16(14)23-12/h9-12H,3-8H2,1-2H3. The molecular weight excluding hydrogens is 296 g/mol. The number of carbonyl (C=O) groups is 2. The lowest BCUT2D eigenvalue weighted by Crippen LogP contribution is -2.47. The highest BCUT2D eigenvalue weighted by molar-refractivity contribution is 6.01. The molecule has 1 amide bonds. The van der Waals surface area contributed by atoms with Crippen LogP contribution in [0.4, 0.5) is 5.69 Å². The van der Waals surface area contributed by atoms with E-state index in [1.807, 2.05) is 0 Å². The second kappa shape index (κ2) is 6.58. The van der Waals surface area contributed by atoms with Crippen molar-refractivity contribution in [2.45, 2.75) is 25.9 Å². The van der Waals surface area contributed by atoms with Gasteiger partial charge in [0.2, 0.25) is 0 Å². The lowest BCUT2D eigenvalue weighted by atomic mass is 10.1. The van der Waals surface area contributed by atoms with Gasteiger partial charge in [-0.3, -0.25) is 9.59 Å². The van der Waals surface area contributed by atoms with E-state index >= 15 is 0 Å². The topological polar surface area (TPSA) is 59.1 Å². The van der Waals surface area contributed by atoms with Crippen LogP contribution in [0.25, 0.3) is 0 Å². The van der Waals surface area contributed by atoms with Crippen LogP contribution in [0.15, 0.2) is 12.1 Å². The van der Waals surface area contributed by atoms with Crippen LogP contribution < -0.4 is 14.4 Å². The average molecular weight is 318 g/mol. The van der Waals surface area contributed by atoms with Gasteiger partial charge in [-0.1, -0.05) is 0 Å². The number of nitrogens with zero attached hydrogens (tertiary/aromatic N) is 2. The quantitative estimate of drug-likeness (QED) is 0.774. The number of fused-ring (bicyclic) bond motifs is 1. The summed E-state index contributed by atoms with van der Waals surface area (Å²) in [5.41, 5.74) is 1.09. The van der Waals surface area contributed by atoms with Crippen molar-refractivity contribution in [2.75, 3.05) is 38.2 Å². The predicted octanol–water partition coefficient (Wildman–Crippen LogP) is 1.72. The molecule has 2 heterocycles. The maximum absolute atomic E-state index is 12.5. The minimum absolute atomic E-state index is 0.0817. The second-order valence-electron chi connectivity index (χ2n) is 5.99. The van der Waals surface area contributed by atoms with Crippen molar-refractivity contribution in [3.05, 3.63) is 17.7 Å². The molecule has 0 spiro atoms. The molecule has 1 aromatic carbocycles. The number of anilines is 1. The van der Waals surface area contributed by atoms with E-state index in [0.29, 0.717) is 29.3 Å². The van der Waals surface area contributed by atoms with Gasteiger partial charge in [-0.15, -0.1) is 0 Å². The van der Waals surface area contributed by atoms with E-state index in [1.165, 1.54) is 20.0 Å². The molecular formula is C17H22N2O4. The molecule has 1 aromatic rings. The van der Waals surface area contributed by atoms with Gasteiger partial charge >= 0.3 is 0 Å². The lowest BCUT2D eigenvalue weighted by molar-refractivity contribution is -0.125. The number of rotatable bonds is 5. The number of hydrogen-bond acceptors (Lipinski definition) is 5. The van der Waals surface area contributed by atoms with Crippen LogP contribution >= 0.6 is 0 Å². The Balaban J connectivity index is 1.92. The van der Waals surface area contributed by atoms with E-state index < -0.39 is 6.10 Å². The Morgan fingerprint density at radius 3 is 2.70 bits per heavy atom. The van der Waals surface area contributed by atoms with Crippen LogP contribution in [0.1, 0.15) is 30.1 Å². The lowest BCUT2D eigenvalue weighted by Gasteiger charge is -2.34. The van der Waals surface area contributed by atoms with Crippen molar-refractivity contribution >= 4 is 17.9 Å². The average Bonchev–Trinajstić information content (AvgIpc) is 3.08. The maximum atomic E-state index is 12.5. The minimum Gasteiger partial charge on any atom is -0.493 e. The van der Waals surface area contributed by atoms with E-state index in [-0.39, 0.29) is 5.91 Å². The van der Waals surface area contributed by atoms with Crippen molar-refractivity contribution in [1.29, 1.82) is 0 Å². The fourth-order valence-corrected chi connectivity index (χ4v) is 3.19. The molecule has 1 unspecified atom stereocenters. The largest absolute Gasteiger partial charge is 0.493 e. The summed E-state index contributed by atoms with van der Waals surface area (Å²) in [6, 6.07) is 3.33. The summed E-state index contributed by atoms with van der Waals surface area (Å²) >= 11 is 0. The smallest absolute Gasteiger partial charge is 0.267 e. The van der Waals surface area contributed by atoms with Gasteiger partial charge in [-0.25, -0.2) is 0 Å². The summed E-state index contributed by atoms with van der Waals surface area (Å²) in [7, 11) is 1.53. The van der Waals surface area contributed by atoms with E-state index in [2.05, 4.69) is 4.90 Å². The highest BCUT2D eigenvalue weighted by Crippen LogP contribution is 2.42. The normalized spacial score (nSPS) is 21.0. The highest BCUT2D eigenvalue weighted by atomic mass is 16.5. The summed E-state index contributed by atoms with van der Waals surface area (Å²) in [5.74, 6) is 0.934. The molecule has 1 saturated heterocycles. The van der Waals surface area contributed by atoms with Crippen LogP contribution in [-0.2, 0) is 4.79 Å². The van der Waals surface area contributed by atoms with Crippen LogP contribution in [0.5, 0.6) is 11.5 Å². The Morgan fingerprint density at radius 2 is 2.04 bits per heavy atom. The fourth-order valence-electron chi connectivity index (χ4n) is 3.19. The Bertz CT molecular complexity index is 611. The Morgan fingerprint density at radius 1 is 1.30 bits per heavy atom. The number of likely N-dealkylation sites (tertiary alicyclic amines) is 1. The molecule has 0 N–H and O–H groups in total. The zero-order chi connectivity index (χ0) is 16.4. The molecule has 3 rings (SSSR count). The number of amides is 1. The molecule has 2 aliphatic rings. The SMILES string of the molecule is COc1cc(C=O)cc2c1OC(C)C(=O)N2CCN1CCCC1. The zero-order valence-corrected chi connectivity index (χ0v) is 13.6. The van der Waals surface area contributed by atoms with E-state index in [4.69, 9.17) is 9.47 Å². The first-order valence-corrected chi connectivity index (χ1v) is 8.01. The molecule has 6 nitrogen and oxygen atoms in total. The maximum Gasteiger partial charge on any atom is 0.267 e. The second-order valence-corrected chi connectivity index (χ2v) is 5.99. The van der Waals surface area contributed by atoms with Crippen LogP contribution in [0.2, 0.25) is 0 Å². The number of methoxy groups -OCH3 is 1. The number of carbonyl (C=O) groups excluding carboxylic acids is 2. The molecule has 0 aliphatic carbocycles. The molecule has 124 valence electrons. The van der Waals surface area contributed by atoms with Crippen molar-refractivity contribution < 1.29 is 19.1 Å². The monoisotopic (exact) mass is 318 g/mol. The third-order valence-corrected chi connectivity index (χ3v) is 4.45. The van der Waals surface area contributed by atoms with Crippen LogP contribution in [0.3, 0.4) is 0 Å². The van der Waals surface area contributed by atoms with E-state index in [1.54, 1.807) is 24.0 Å². The molecule has 23 heavy (non-hydrogen) atoms. The Labute approximate surface area is 136 Å². The third-order valence-electron chi connectivity index (χ3n) is 4.45. The Kier molecular flexibility index (Phi) is 4.52. The minimum atomic E-state index is -0.558. The number of benzene rings is 1. The molecule has 0 bridgehead atoms. The highest BCUT2D eigenvalue weighted by Gasteiger charge is 2.34. The van der Waals surface area contributed by atoms with Crippen molar-refractivity contribution in [3.63, 3.8) is 0 Å². The number of aldehydes is 1. The van der Waals surface area contributed by atoms with Gasteiger partial charge in [0.15, 0.2) is 17.6 Å². The van der Waals surface area contributed by atoms with Gasteiger partial charge < -0.3 is 19.3 Å². The molecule has 1 fully saturated rings. The number of ether oxygens (including phenoxy) is 2. The van der Waals surface area contributed by atoms with Gasteiger partial charge in [0, 0.05) is 18.7 Å². The van der Waals surface area contributed by atoms with Crippen LogP contribution in [-0.4, -0.2) is 56.5 Å². The van der Waals surface area contributed by atoms with Gasteiger partial charge in [-0.05, 0) is 45.0 Å². The predicted molar refractivity (Wildman–Crippen MR) is 86.5 cm³/mol. The summed E-state index contributed by atoms with van der Waals surface area (Å²) in [4.78, 5) is 27.8. The first-order valence-electron chi connectivity index (χ1n) is 8.01. The van der Waals surface area contributed by atoms with Gasteiger partial charge in [0.05, 0.1) is 12.8 Å². The van der Waals surface area contributed by atoms with E-state index in [0.717, 1.165) is 25.9 Å². The summed E-state index contributed by atoms with van der Waals surface area (Å²) in [6.07, 6.45) is 2.63. The van der Waals surface area contributed by atoms with Gasteiger partial charge in [-0.2, -0.15) is 0 Å². The Hall–Kier alpha value is -2.08. The van der Waals surface area contributed by atoms with Crippen molar-refractivity contribution in [2.24, 2.45) is 0 Å². The number of hydrogen-bond donors (Lipinski definition) is 0.